The molecule has 0 saturated carbocycles. The van der Waals surface area contributed by atoms with Crippen molar-refractivity contribution < 1.29 is 9.47 Å². The summed E-state index contributed by atoms with van der Waals surface area (Å²) in [6, 6.07) is 8.11. The molecular formula is C17H27NO2. The highest BCUT2D eigenvalue weighted by Gasteiger charge is 2.17. The van der Waals surface area contributed by atoms with Gasteiger partial charge in [0.1, 0.15) is 12.4 Å². The number of ether oxygens (including phenoxy) is 2. The van der Waals surface area contributed by atoms with E-state index in [1.165, 1.54) is 5.56 Å². The molecule has 1 rings (SSSR count). The predicted molar refractivity (Wildman–Crippen MR) is 84.1 cm³/mol. The van der Waals surface area contributed by atoms with Crippen LogP contribution in [0.1, 0.15) is 25.8 Å². The van der Waals surface area contributed by atoms with Gasteiger partial charge >= 0.3 is 0 Å². The van der Waals surface area contributed by atoms with Gasteiger partial charge in [-0.05, 0) is 17.9 Å². The molecule has 0 aliphatic carbocycles. The lowest BCUT2D eigenvalue weighted by molar-refractivity contribution is 0.150. The molecule has 20 heavy (non-hydrogen) atoms. The third kappa shape index (κ3) is 6.22. The van der Waals surface area contributed by atoms with E-state index < -0.39 is 0 Å². The van der Waals surface area contributed by atoms with Crippen LogP contribution in [-0.2, 0) is 11.3 Å². The van der Waals surface area contributed by atoms with Gasteiger partial charge in [-0.1, -0.05) is 44.7 Å². The SMILES string of the molecule is C=CCOc1ccccc1CNCC(C)(C)CCOC. The molecule has 0 saturated heterocycles. The lowest BCUT2D eigenvalue weighted by Crippen LogP contribution is -2.30. The zero-order chi connectivity index (χ0) is 14.8. The summed E-state index contributed by atoms with van der Waals surface area (Å²) >= 11 is 0. The Kier molecular flexibility index (Phi) is 7.34. The second-order valence-electron chi connectivity index (χ2n) is 5.72. The maximum atomic E-state index is 5.66. The van der Waals surface area contributed by atoms with Crippen molar-refractivity contribution in [2.75, 3.05) is 26.9 Å². The maximum Gasteiger partial charge on any atom is 0.124 e. The Balaban J connectivity index is 2.46. The fourth-order valence-electron chi connectivity index (χ4n) is 1.94. The number of rotatable bonds is 10. The molecule has 1 N–H and O–H groups in total. The topological polar surface area (TPSA) is 30.5 Å². The molecule has 0 aliphatic heterocycles. The molecule has 0 aliphatic rings. The molecule has 0 heterocycles. The smallest absolute Gasteiger partial charge is 0.124 e. The minimum atomic E-state index is 0.229. The second-order valence-corrected chi connectivity index (χ2v) is 5.72. The van der Waals surface area contributed by atoms with Crippen LogP contribution < -0.4 is 10.1 Å². The van der Waals surface area contributed by atoms with E-state index in [0.29, 0.717) is 6.61 Å². The summed E-state index contributed by atoms with van der Waals surface area (Å²) in [5, 5.41) is 3.51. The van der Waals surface area contributed by atoms with Gasteiger partial charge in [0.2, 0.25) is 0 Å². The van der Waals surface area contributed by atoms with Crippen molar-refractivity contribution in [1.29, 1.82) is 0 Å². The van der Waals surface area contributed by atoms with E-state index in [4.69, 9.17) is 9.47 Å². The van der Waals surface area contributed by atoms with Gasteiger partial charge in [-0.3, -0.25) is 0 Å². The average Bonchev–Trinajstić information content (AvgIpc) is 2.44. The fraction of sp³-hybridized carbons (Fsp3) is 0.529. The highest BCUT2D eigenvalue weighted by atomic mass is 16.5. The number of hydrogen-bond acceptors (Lipinski definition) is 3. The highest BCUT2D eigenvalue weighted by molar-refractivity contribution is 5.33. The Morgan fingerprint density at radius 1 is 1.30 bits per heavy atom. The summed E-state index contributed by atoms with van der Waals surface area (Å²) in [7, 11) is 1.75. The van der Waals surface area contributed by atoms with Gasteiger partial charge < -0.3 is 14.8 Å². The average molecular weight is 277 g/mol. The quantitative estimate of drug-likeness (QED) is 0.665. The molecule has 3 heteroatoms. The van der Waals surface area contributed by atoms with Crippen molar-refractivity contribution in [3.63, 3.8) is 0 Å². The normalized spacial score (nSPS) is 11.3. The zero-order valence-corrected chi connectivity index (χ0v) is 12.9. The van der Waals surface area contributed by atoms with Crippen molar-refractivity contribution in [3.8, 4) is 5.75 Å². The molecule has 0 bridgehead atoms. The molecular weight excluding hydrogens is 250 g/mol. The lowest BCUT2D eigenvalue weighted by Gasteiger charge is -2.25. The molecule has 1 aromatic carbocycles. The van der Waals surface area contributed by atoms with Crippen molar-refractivity contribution in [3.05, 3.63) is 42.5 Å². The summed E-state index contributed by atoms with van der Waals surface area (Å²) in [4.78, 5) is 0. The monoisotopic (exact) mass is 277 g/mol. The minimum absolute atomic E-state index is 0.229. The molecule has 0 aromatic heterocycles. The van der Waals surface area contributed by atoms with Crippen LogP contribution in [0.5, 0.6) is 5.75 Å². The number of nitrogens with one attached hydrogen (secondary N) is 1. The Hall–Kier alpha value is -1.32. The van der Waals surface area contributed by atoms with E-state index in [1.54, 1.807) is 13.2 Å². The van der Waals surface area contributed by atoms with Gasteiger partial charge in [-0.25, -0.2) is 0 Å². The first kappa shape index (κ1) is 16.7. The van der Waals surface area contributed by atoms with Crippen LogP contribution in [-0.4, -0.2) is 26.9 Å². The van der Waals surface area contributed by atoms with Crippen molar-refractivity contribution in [2.24, 2.45) is 5.41 Å². The number of benzene rings is 1. The predicted octanol–water partition coefficient (Wildman–Crippen LogP) is 3.40. The van der Waals surface area contributed by atoms with Gasteiger partial charge in [0.15, 0.2) is 0 Å². The van der Waals surface area contributed by atoms with Crippen molar-refractivity contribution in [1.82, 2.24) is 5.32 Å². The molecule has 0 atom stereocenters. The van der Waals surface area contributed by atoms with Gasteiger partial charge in [-0.2, -0.15) is 0 Å². The summed E-state index contributed by atoms with van der Waals surface area (Å²) in [6.45, 7) is 11.3. The van der Waals surface area contributed by atoms with E-state index >= 15 is 0 Å². The number of hydrogen-bond donors (Lipinski definition) is 1. The first-order valence-corrected chi connectivity index (χ1v) is 7.10. The van der Waals surface area contributed by atoms with Crippen LogP contribution in [0.3, 0.4) is 0 Å². The third-order valence-electron chi connectivity index (χ3n) is 3.23. The summed E-state index contributed by atoms with van der Waals surface area (Å²) in [6.07, 6.45) is 2.81. The zero-order valence-electron chi connectivity index (χ0n) is 12.9. The van der Waals surface area contributed by atoms with Gasteiger partial charge in [0.05, 0.1) is 0 Å². The Morgan fingerprint density at radius 2 is 2.05 bits per heavy atom. The minimum Gasteiger partial charge on any atom is -0.489 e. The molecule has 0 spiro atoms. The van der Waals surface area contributed by atoms with Gasteiger partial charge in [0.25, 0.3) is 0 Å². The van der Waals surface area contributed by atoms with Crippen LogP contribution in [0, 0.1) is 5.41 Å². The van der Waals surface area contributed by atoms with E-state index in [0.717, 1.165) is 31.9 Å². The second kappa shape index (κ2) is 8.77. The highest BCUT2D eigenvalue weighted by Crippen LogP contribution is 2.21. The maximum absolute atomic E-state index is 5.66. The first-order chi connectivity index (χ1) is 9.59. The fourth-order valence-corrected chi connectivity index (χ4v) is 1.94. The summed E-state index contributed by atoms with van der Waals surface area (Å²) in [5.74, 6) is 0.926. The summed E-state index contributed by atoms with van der Waals surface area (Å²) in [5.41, 5.74) is 1.41. The molecule has 0 amide bonds. The summed E-state index contributed by atoms with van der Waals surface area (Å²) < 4.78 is 10.8. The van der Waals surface area contributed by atoms with E-state index in [9.17, 15) is 0 Å². The molecule has 0 fully saturated rings. The van der Waals surface area contributed by atoms with Crippen molar-refractivity contribution >= 4 is 0 Å². The van der Waals surface area contributed by atoms with Crippen LogP contribution in [0.2, 0.25) is 0 Å². The standard InChI is InChI=1S/C17H27NO2/c1-5-11-20-16-9-7-6-8-15(16)13-18-14-17(2,3)10-12-19-4/h5-9,18H,1,10-14H2,2-4H3. The van der Waals surface area contributed by atoms with Gasteiger partial charge in [-0.15, -0.1) is 0 Å². The Morgan fingerprint density at radius 3 is 2.75 bits per heavy atom. The Labute approximate surface area is 123 Å². The lowest BCUT2D eigenvalue weighted by atomic mass is 9.89. The number of para-hydroxylation sites is 1. The van der Waals surface area contributed by atoms with Crippen LogP contribution in [0.25, 0.3) is 0 Å². The molecule has 0 radical (unpaired) electrons. The largest absolute Gasteiger partial charge is 0.489 e. The van der Waals surface area contributed by atoms with Crippen molar-refractivity contribution in [2.45, 2.75) is 26.8 Å². The molecule has 3 nitrogen and oxygen atoms in total. The van der Waals surface area contributed by atoms with E-state index in [2.05, 4.69) is 31.8 Å². The van der Waals surface area contributed by atoms with Gasteiger partial charge in [0, 0.05) is 32.4 Å². The van der Waals surface area contributed by atoms with Crippen LogP contribution in [0.15, 0.2) is 36.9 Å². The molecule has 1 aromatic rings. The molecule has 0 unspecified atom stereocenters. The third-order valence-corrected chi connectivity index (χ3v) is 3.23. The van der Waals surface area contributed by atoms with E-state index in [-0.39, 0.29) is 5.41 Å². The van der Waals surface area contributed by atoms with Crippen LogP contribution in [0.4, 0.5) is 0 Å². The first-order valence-electron chi connectivity index (χ1n) is 7.10. The number of methoxy groups -OCH3 is 1. The Bertz CT molecular complexity index is 402. The molecule has 112 valence electrons. The van der Waals surface area contributed by atoms with Crippen LogP contribution >= 0.6 is 0 Å². The van der Waals surface area contributed by atoms with E-state index in [1.807, 2.05) is 18.2 Å².